The number of benzene rings is 1. The second-order valence-electron chi connectivity index (χ2n) is 5.42. The van der Waals surface area contributed by atoms with Gasteiger partial charge < -0.3 is 10.4 Å². The van der Waals surface area contributed by atoms with Crippen LogP contribution in [0.1, 0.15) is 30.0 Å². The van der Waals surface area contributed by atoms with Gasteiger partial charge in [-0.1, -0.05) is 12.1 Å². The van der Waals surface area contributed by atoms with E-state index in [0.717, 1.165) is 31.7 Å². The van der Waals surface area contributed by atoms with Gasteiger partial charge in [-0.05, 0) is 24.8 Å². The number of phenols is 1. The van der Waals surface area contributed by atoms with Crippen molar-refractivity contribution in [1.82, 2.24) is 10.2 Å². The Morgan fingerprint density at radius 1 is 1.32 bits per heavy atom. The standard InChI is InChI=1S/C15H19N3O/c16-10-12-2-1-3-13(15(12)19)14(11-4-5-11)18-8-6-17-7-9-18/h1-3,11,14,17,19H,4-9H2/t14-/m1/s1. The molecule has 100 valence electrons. The third-order valence-electron chi connectivity index (χ3n) is 4.12. The molecule has 1 aliphatic carbocycles. The maximum atomic E-state index is 10.3. The first-order chi connectivity index (χ1) is 9.31. The topological polar surface area (TPSA) is 59.3 Å². The lowest BCUT2D eigenvalue weighted by Gasteiger charge is -2.35. The molecule has 4 heteroatoms. The maximum Gasteiger partial charge on any atom is 0.138 e. The summed E-state index contributed by atoms with van der Waals surface area (Å²) in [5.41, 5.74) is 1.32. The van der Waals surface area contributed by atoms with Gasteiger partial charge in [-0.15, -0.1) is 0 Å². The van der Waals surface area contributed by atoms with Gasteiger partial charge in [0.25, 0.3) is 0 Å². The van der Waals surface area contributed by atoms with Gasteiger partial charge in [0.1, 0.15) is 11.8 Å². The van der Waals surface area contributed by atoms with Crippen LogP contribution in [0.3, 0.4) is 0 Å². The zero-order valence-corrected chi connectivity index (χ0v) is 11.0. The number of nitriles is 1. The largest absolute Gasteiger partial charge is 0.506 e. The van der Waals surface area contributed by atoms with Gasteiger partial charge in [-0.2, -0.15) is 5.26 Å². The Bertz CT molecular complexity index is 499. The van der Waals surface area contributed by atoms with E-state index in [-0.39, 0.29) is 11.8 Å². The molecule has 1 aromatic rings. The van der Waals surface area contributed by atoms with Crippen LogP contribution in [-0.4, -0.2) is 36.2 Å². The number of phenolic OH excluding ortho intramolecular Hbond substituents is 1. The van der Waals surface area contributed by atoms with Crippen LogP contribution in [0.15, 0.2) is 18.2 Å². The molecule has 1 atom stereocenters. The number of para-hydroxylation sites is 1. The van der Waals surface area contributed by atoms with Crippen molar-refractivity contribution >= 4 is 0 Å². The summed E-state index contributed by atoms with van der Waals surface area (Å²) in [6.07, 6.45) is 2.45. The monoisotopic (exact) mass is 257 g/mol. The molecule has 0 spiro atoms. The quantitative estimate of drug-likeness (QED) is 0.864. The van der Waals surface area contributed by atoms with Crippen molar-refractivity contribution in [1.29, 1.82) is 5.26 Å². The molecule has 1 aromatic carbocycles. The van der Waals surface area contributed by atoms with Crippen molar-refractivity contribution in [3.8, 4) is 11.8 Å². The molecule has 2 N–H and O–H groups in total. The highest BCUT2D eigenvalue weighted by Crippen LogP contribution is 2.47. The van der Waals surface area contributed by atoms with Gasteiger partial charge >= 0.3 is 0 Å². The summed E-state index contributed by atoms with van der Waals surface area (Å²) >= 11 is 0. The predicted molar refractivity (Wildman–Crippen MR) is 72.7 cm³/mol. The van der Waals surface area contributed by atoms with Crippen LogP contribution in [0.5, 0.6) is 5.75 Å². The Balaban J connectivity index is 1.94. The van der Waals surface area contributed by atoms with E-state index in [1.54, 1.807) is 6.07 Å². The second kappa shape index (κ2) is 5.20. The third kappa shape index (κ3) is 2.44. The van der Waals surface area contributed by atoms with Gasteiger partial charge in [0.15, 0.2) is 0 Å². The van der Waals surface area contributed by atoms with Gasteiger partial charge in [-0.25, -0.2) is 0 Å². The van der Waals surface area contributed by atoms with E-state index in [0.29, 0.717) is 11.5 Å². The Hall–Kier alpha value is -1.57. The molecule has 1 aliphatic heterocycles. The minimum absolute atomic E-state index is 0.181. The van der Waals surface area contributed by atoms with E-state index in [9.17, 15) is 5.11 Å². The lowest BCUT2D eigenvalue weighted by molar-refractivity contribution is 0.153. The van der Waals surface area contributed by atoms with Crippen LogP contribution in [0.25, 0.3) is 0 Å². The molecule has 0 unspecified atom stereocenters. The minimum atomic E-state index is 0.181. The molecule has 0 radical (unpaired) electrons. The van der Waals surface area contributed by atoms with Crippen molar-refractivity contribution in [3.05, 3.63) is 29.3 Å². The zero-order valence-electron chi connectivity index (χ0n) is 11.0. The first kappa shape index (κ1) is 12.5. The average Bonchev–Trinajstić information content (AvgIpc) is 3.27. The van der Waals surface area contributed by atoms with E-state index < -0.39 is 0 Å². The fraction of sp³-hybridized carbons (Fsp3) is 0.533. The molecule has 0 bridgehead atoms. The van der Waals surface area contributed by atoms with Crippen LogP contribution in [-0.2, 0) is 0 Å². The lowest BCUT2D eigenvalue weighted by atomic mass is 9.96. The molecule has 19 heavy (non-hydrogen) atoms. The summed E-state index contributed by atoms with van der Waals surface area (Å²) in [5.74, 6) is 0.818. The van der Waals surface area contributed by atoms with Gasteiger partial charge in [0, 0.05) is 37.8 Å². The third-order valence-corrected chi connectivity index (χ3v) is 4.12. The molecule has 1 heterocycles. The number of nitrogens with zero attached hydrogens (tertiary/aromatic N) is 2. The van der Waals surface area contributed by atoms with E-state index >= 15 is 0 Å². The minimum Gasteiger partial charge on any atom is -0.506 e. The van der Waals surface area contributed by atoms with Crippen LogP contribution in [0, 0.1) is 17.2 Å². The van der Waals surface area contributed by atoms with Crippen molar-refractivity contribution in [2.75, 3.05) is 26.2 Å². The number of aromatic hydroxyl groups is 1. The Morgan fingerprint density at radius 3 is 2.68 bits per heavy atom. The average molecular weight is 257 g/mol. The van der Waals surface area contributed by atoms with Gasteiger partial charge in [0.2, 0.25) is 0 Å². The SMILES string of the molecule is N#Cc1cccc([C@@H](C2CC2)N2CCNCC2)c1O. The molecule has 0 amide bonds. The van der Waals surface area contributed by atoms with Crippen molar-refractivity contribution in [2.24, 2.45) is 5.92 Å². The van der Waals surface area contributed by atoms with E-state index in [4.69, 9.17) is 5.26 Å². The molecular weight excluding hydrogens is 238 g/mol. The number of hydrogen-bond acceptors (Lipinski definition) is 4. The molecule has 0 aromatic heterocycles. The fourth-order valence-electron chi connectivity index (χ4n) is 3.01. The fourth-order valence-corrected chi connectivity index (χ4v) is 3.01. The number of hydrogen-bond donors (Lipinski definition) is 2. The summed E-state index contributed by atoms with van der Waals surface area (Å²) < 4.78 is 0. The summed E-state index contributed by atoms with van der Waals surface area (Å²) in [5, 5.41) is 22.7. The van der Waals surface area contributed by atoms with E-state index in [1.165, 1.54) is 12.8 Å². The van der Waals surface area contributed by atoms with Crippen LogP contribution in [0.4, 0.5) is 0 Å². The molecular formula is C15H19N3O. The zero-order chi connectivity index (χ0) is 13.2. The molecule has 4 nitrogen and oxygen atoms in total. The molecule has 3 rings (SSSR count). The van der Waals surface area contributed by atoms with Gasteiger partial charge in [-0.3, -0.25) is 4.90 Å². The van der Waals surface area contributed by atoms with E-state index in [2.05, 4.69) is 16.3 Å². The molecule has 2 fully saturated rings. The Kier molecular flexibility index (Phi) is 3.41. The molecule has 1 saturated heterocycles. The Morgan fingerprint density at radius 2 is 2.05 bits per heavy atom. The predicted octanol–water partition coefficient (Wildman–Crippen LogP) is 1.62. The van der Waals surface area contributed by atoms with Crippen molar-refractivity contribution in [2.45, 2.75) is 18.9 Å². The summed E-state index contributed by atoms with van der Waals surface area (Å²) in [4.78, 5) is 2.45. The number of rotatable bonds is 3. The molecule has 1 saturated carbocycles. The van der Waals surface area contributed by atoms with Crippen LogP contribution in [0.2, 0.25) is 0 Å². The second-order valence-corrected chi connectivity index (χ2v) is 5.42. The van der Waals surface area contributed by atoms with Crippen molar-refractivity contribution < 1.29 is 5.11 Å². The highest BCUT2D eigenvalue weighted by Gasteiger charge is 2.38. The lowest BCUT2D eigenvalue weighted by Crippen LogP contribution is -2.45. The van der Waals surface area contributed by atoms with Crippen LogP contribution >= 0.6 is 0 Å². The number of piperazine rings is 1. The Labute approximate surface area is 113 Å². The van der Waals surface area contributed by atoms with Crippen LogP contribution < -0.4 is 5.32 Å². The summed E-state index contributed by atoms with van der Waals surface area (Å²) in [7, 11) is 0. The highest BCUT2D eigenvalue weighted by atomic mass is 16.3. The molecule has 2 aliphatic rings. The maximum absolute atomic E-state index is 10.3. The summed E-state index contributed by atoms with van der Waals surface area (Å²) in [6.45, 7) is 4.03. The highest BCUT2D eigenvalue weighted by molar-refractivity contribution is 5.49. The normalized spacial score (nSPS) is 21.8. The first-order valence-electron chi connectivity index (χ1n) is 6.98. The summed E-state index contributed by atoms with van der Waals surface area (Å²) in [6, 6.07) is 7.88. The van der Waals surface area contributed by atoms with Gasteiger partial charge in [0.05, 0.1) is 5.56 Å². The van der Waals surface area contributed by atoms with E-state index in [1.807, 2.05) is 12.1 Å². The smallest absolute Gasteiger partial charge is 0.138 e. The first-order valence-corrected chi connectivity index (χ1v) is 6.98. The number of nitrogens with one attached hydrogen (secondary N) is 1. The van der Waals surface area contributed by atoms with Crippen molar-refractivity contribution in [3.63, 3.8) is 0 Å².